The summed E-state index contributed by atoms with van der Waals surface area (Å²) in [6.07, 6.45) is 1.52. The molecule has 0 aliphatic heterocycles. The highest BCUT2D eigenvalue weighted by Gasteiger charge is 2.18. The highest BCUT2D eigenvalue weighted by Crippen LogP contribution is 2.15. The van der Waals surface area contributed by atoms with Crippen molar-refractivity contribution in [3.63, 3.8) is 0 Å². The third-order valence-corrected chi connectivity index (χ3v) is 4.97. The van der Waals surface area contributed by atoms with E-state index in [9.17, 15) is 13.2 Å². The van der Waals surface area contributed by atoms with Gasteiger partial charge in [0.15, 0.2) is 9.84 Å². The Kier molecular flexibility index (Phi) is 6.91. The molecule has 0 atom stereocenters. The minimum Gasteiger partial charge on any atom is -0.475 e. The number of aromatic nitrogens is 1. The van der Waals surface area contributed by atoms with E-state index in [1.807, 2.05) is 19.9 Å². The number of sulfone groups is 1. The predicted octanol–water partition coefficient (Wildman–Crippen LogP) is 1.97. The van der Waals surface area contributed by atoms with Crippen molar-refractivity contribution in [2.75, 3.05) is 5.75 Å². The lowest BCUT2D eigenvalue weighted by Crippen LogP contribution is -2.30. The normalized spacial score (nSPS) is 11.0. The van der Waals surface area contributed by atoms with Crippen molar-refractivity contribution in [2.24, 2.45) is 0 Å². The van der Waals surface area contributed by atoms with Crippen LogP contribution in [0, 0.1) is 11.3 Å². The molecular formula is C19H21N3O4S. The fourth-order valence-electron chi connectivity index (χ4n) is 2.31. The molecule has 1 N–H and O–H groups in total. The van der Waals surface area contributed by atoms with Gasteiger partial charge < -0.3 is 10.1 Å². The summed E-state index contributed by atoms with van der Waals surface area (Å²) in [5.74, 6) is -1.06. The average molecular weight is 387 g/mol. The maximum absolute atomic E-state index is 12.2. The van der Waals surface area contributed by atoms with Crippen LogP contribution in [0.4, 0.5) is 0 Å². The number of nitriles is 1. The van der Waals surface area contributed by atoms with Gasteiger partial charge in [-0.25, -0.2) is 13.4 Å². The summed E-state index contributed by atoms with van der Waals surface area (Å²) in [5, 5.41) is 11.4. The number of hydrogen-bond donors (Lipinski definition) is 1. The number of carbonyl (C=O) groups is 1. The number of ether oxygens (including phenoxy) is 1. The lowest BCUT2D eigenvalue weighted by molar-refractivity contribution is -0.118. The Labute approximate surface area is 158 Å². The zero-order valence-corrected chi connectivity index (χ0v) is 16.0. The van der Waals surface area contributed by atoms with Crippen molar-refractivity contribution in [2.45, 2.75) is 32.2 Å². The predicted molar refractivity (Wildman–Crippen MR) is 100 cm³/mol. The first kappa shape index (κ1) is 20.4. The van der Waals surface area contributed by atoms with E-state index in [0.717, 1.165) is 0 Å². The Hall–Kier alpha value is -2.92. The van der Waals surface area contributed by atoms with Gasteiger partial charge in [0.25, 0.3) is 0 Å². The van der Waals surface area contributed by atoms with Gasteiger partial charge in [-0.15, -0.1) is 0 Å². The first-order valence-corrected chi connectivity index (χ1v) is 10.2. The van der Waals surface area contributed by atoms with Crippen LogP contribution in [0.15, 0.2) is 42.6 Å². The van der Waals surface area contributed by atoms with Gasteiger partial charge in [-0.05, 0) is 37.6 Å². The SMILES string of the molecule is CC(C)Oc1ncccc1CNC(=O)CS(=O)(=O)Cc1ccc(C#N)cc1. The maximum Gasteiger partial charge on any atom is 0.235 e. The third-order valence-electron chi connectivity index (χ3n) is 3.49. The van der Waals surface area contributed by atoms with E-state index < -0.39 is 21.5 Å². The van der Waals surface area contributed by atoms with Crippen LogP contribution < -0.4 is 10.1 Å². The molecule has 0 aliphatic rings. The van der Waals surface area contributed by atoms with Crippen LogP contribution in [-0.4, -0.2) is 31.2 Å². The Morgan fingerprint density at radius 1 is 1.26 bits per heavy atom. The number of rotatable bonds is 8. The second-order valence-corrected chi connectivity index (χ2v) is 8.32. The minimum absolute atomic E-state index is 0.0675. The molecule has 1 amide bonds. The third kappa shape index (κ3) is 6.72. The molecule has 8 heteroatoms. The number of nitrogens with one attached hydrogen (secondary N) is 1. The summed E-state index contributed by atoms with van der Waals surface area (Å²) in [7, 11) is -3.63. The van der Waals surface area contributed by atoms with Crippen molar-refractivity contribution in [3.05, 3.63) is 59.3 Å². The number of amides is 1. The van der Waals surface area contributed by atoms with E-state index in [0.29, 0.717) is 22.6 Å². The van der Waals surface area contributed by atoms with Gasteiger partial charge in [-0.1, -0.05) is 18.2 Å². The van der Waals surface area contributed by atoms with Gasteiger partial charge in [0.2, 0.25) is 11.8 Å². The smallest absolute Gasteiger partial charge is 0.235 e. The lowest BCUT2D eigenvalue weighted by atomic mass is 10.2. The van der Waals surface area contributed by atoms with Gasteiger partial charge in [0.05, 0.1) is 23.5 Å². The van der Waals surface area contributed by atoms with E-state index in [1.165, 1.54) is 0 Å². The van der Waals surface area contributed by atoms with Crippen LogP contribution in [0.1, 0.15) is 30.5 Å². The van der Waals surface area contributed by atoms with E-state index in [2.05, 4.69) is 10.3 Å². The highest BCUT2D eigenvalue weighted by atomic mass is 32.2. The molecule has 7 nitrogen and oxygen atoms in total. The van der Waals surface area contributed by atoms with Gasteiger partial charge in [0, 0.05) is 18.3 Å². The maximum atomic E-state index is 12.2. The van der Waals surface area contributed by atoms with Gasteiger partial charge >= 0.3 is 0 Å². The van der Waals surface area contributed by atoms with Crippen LogP contribution in [0.3, 0.4) is 0 Å². The van der Waals surface area contributed by atoms with Gasteiger partial charge in [0.1, 0.15) is 5.75 Å². The van der Waals surface area contributed by atoms with Crippen molar-refractivity contribution in [1.82, 2.24) is 10.3 Å². The van der Waals surface area contributed by atoms with Gasteiger partial charge in [-0.3, -0.25) is 4.79 Å². The number of nitrogens with zero attached hydrogens (tertiary/aromatic N) is 2. The van der Waals surface area contributed by atoms with E-state index in [4.69, 9.17) is 10.00 Å². The molecule has 0 aliphatic carbocycles. The summed E-state index contributed by atoms with van der Waals surface area (Å²) in [6, 6.07) is 11.7. The topological polar surface area (TPSA) is 109 Å². The number of hydrogen-bond acceptors (Lipinski definition) is 6. The van der Waals surface area contributed by atoms with E-state index in [1.54, 1.807) is 42.6 Å². The summed E-state index contributed by atoms with van der Waals surface area (Å²) in [5.41, 5.74) is 1.65. The summed E-state index contributed by atoms with van der Waals surface area (Å²) in [4.78, 5) is 16.2. The molecule has 1 aromatic heterocycles. The van der Waals surface area contributed by atoms with E-state index in [-0.39, 0.29) is 18.4 Å². The quantitative estimate of drug-likeness (QED) is 0.742. The Morgan fingerprint density at radius 3 is 2.59 bits per heavy atom. The van der Waals surface area contributed by atoms with Crippen molar-refractivity contribution in [1.29, 1.82) is 5.26 Å². The molecule has 0 radical (unpaired) electrons. The first-order chi connectivity index (χ1) is 12.8. The van der Waals surface area contributed by atoms with Crippen LogP contribution in [0.2, 0.25) is 0 Å². The Balaban J connectivity index is 1.94. The molecule has 2 rings (SSSR count). The fourth-order valence-corrected chi connectivity index (χ4v) is 3.62. The first-order valence-electron chi connectivity index (χ1n) is 8.36. The largest absolute Gasteiger partial charge is 0.475 e. The summed E-state index contributed by atoms with van der Waals surface area (Å²) < 4.78 is 30.0. The fraction of sp³-hybridized carbons (Fsp3) is 0.316. The zero-order chi connectivity index (χ0) is 19.9. The number of benzene rings is 1. The molecule has 1 aromatic carbocycles. The van der Waals surface area contributed by atoms with Crippen LogP contribution in [0.5, 0.6) is 5.88 Å². The molecular weight excluding hydrogens is 366 g/mol. The number of pyridine rings is 1. The molecule has 0 spiro atoms. The minimum atomic E-state index is -3.63. The molecule has 1 heterocycles. The zero-order valence-electron chi connectivity index (χ0n) is 15.2. The Morgan fingerprint density at radius 2 is 1.96 bits per heavy atom. The monoisotopic (exact) mass is 387 g/mol. The highest BCUT2D eigenvalue weighted by molar-refractivity contribution is 7.91. The molecule has 142 valence electrons. The molecule has 0 saturated carbocycles. The standard InChI is InChI=1S/C19H21N3O4S/c1-14(2)26-19-17(4-3-9-21-19)11-22-18(23)13-27(24,25)12-16-7-5-15(10-20)6-8-16/h3-9,14H,11-13H2,1-2H3,(H,22,23). The molecule has 0 saturated heterocycles. The van der Waals surface area contributed by atoms with Gasteiger partial charge in [-0.2, -0.15) is 5.26 Å². The molecule has 2 aromatic rings. The van der Waals surface area contributed by atoms with Crippen LogP contribution in [0.25, 0.3) is 0 Å². The van der Waals surface area contributed by atoms with Crippen LogP contribution >= 0.6 is 0 Å². The molecule has 0 fully saturated rings. The second kappa shape index (κ2) is 9.14. The Bertz CT molecular complexity index is 932. The summed E-state index contributed by atoms with van der Waals surface area (Å²) in [6.45, 7) is 3.86. The molecule has 0 unspecified atom stereocenters. The van der Waals surface area contributed by atoms with E-state index >= 15 is 0 Å². The van der Waals surface area contributed by atoms with Crippen molar-refractivity contribution >= 4 is 15.7 Å². The van der Waals surface area contributed by atoms with Crippen molar-refractivity contribution < 1.29 is 17.9 Å². The number of carbonyl (C=O) groups excluding carboxylic acids is 1. The molecule has 27 heavy (non-hydrogen) atoms. The average Bonchev–Trinajstić information content (AvgIpc) is 2.60. The summed E-state index contributed by atoms with van der Waals surface area (Å²) >= 11 is 0. The van der Waals surface area contributed by atoms with Crippen LogP contribution in [-0.2, 0) is 26.9 Å². The lowest BCUT2D eigenvalue weighted by Gasteiger charge is -2.13. The molecule has 0 bridgehead atoms. The van der Waals surface area contributed by atoms with Crippen molar-refractivity contribution in [3.8, 4) is 11.9 Å². The second-order valence-electron chi connectivity index (χ2n) is 6.25.